The zero-order chi connectivity index (χ0) is 18.8. The lowest BCUT2D eigenvalue weighted by atomic mass is 9.94. The predicted octanol–water partition coefficient (Wildman–Crippen LogP) is 4.19. The van der Waals surface area contributed by atoms with Crippen LogP contribution >= 0.6 is 0 Å². The molecular weight excluding hydrogens is 338 g/mol. The number of benzene rings is 2. The first-order valence-electron chi connectivity index (χ1n) is 8.95. The summed E-state index contributed by atoms with van der Waals surface area (Å²) >= 11 is 0. The second-order valence-electron chi connectivity index (χ2n) is 6.68. The van der Waals surface area contributed by atoms with E-state index in [4.69, 9.17) is 10.3 Å². The molecule has 0 aliphatic carbocycles. The van der Waals surface area contributed by atoms with Gasteiger partial charge in [-0.3, -0.25) is 4.98 Å². The number of rotatable bonds is 5. The topological polar surface area (TPSA) is 85.2 Å². The van der Waals surface area contributed by atoms with Crippen molar-refractivity contribution in [3.05, 3.63) is 83.7 Å². The fraction of sp³-hybridized carbons (Fsp3) is 0.182. The van der Waals surface area contributed by atoms with E-state index in [0.29, 0.717) is 12.0 Å². The molecule has 0 fully saturated rings. The smallest absolute Gasteiger partial charge is 0.167 e. The molecule has 0 aliphatic heterocycles. The molecule has 5 heteroatoms. The molecular formula is C22H21N3O2. The average molecular weight is 359 g/mol. The van der Waals surface area contributed by atoms with Gasteiger partial charge < -0.3 is 15.4 Å². The zero-order valence-corrected chi connectivity index (χ0v) is 15.0. The van der Waals surface area contributed by atoms with Crippen molar-refractivity contribution >= 4 is 11.0 Å². The van der Waals surface area contributed by atoms with Gasteiger partial charge in [0.2, 0.25) is 0 Å². The molecule has 0 saturated heterocycles. The molecule has 27 heavy (non-hydrogen) atoms. The van der Waals surface area contributed by atoms with Crippen LogP contribution in [0.1, 0.15) is 35.9 Å². The molecule has 0 saturated carbocycles. The van der Waals surface area contributed by atoms with E-state index in [2.05, 4.69) is 10.1 Å². The van der Waals surface area contributed by atoms with Gasteiger partial charge in [0.15, 0.2) is 5.58 Å². The third kappa shape index (κ3) is 3.47. The van der Waals surface area contributed by atoms with Crippen LogP contribution < -0.4 is 5.73 Å². The van der Waals surface area contributed by atoms with Crippen LogP contribution in [-0.4, -0.2) is 15.2 Å². The Bertz CT molecular complexity index is 1060. The molecule has 5 nitrogen and oxygen atoms in total. The van der Waals surface area contributed by atoms with E-state index >= 15 is 0 Å². The molecule has 1 unspecified atom stereocenters. The molecule has 0 radical (unpaired) electrons. The Balaban J connectivity index is 1.74. The van der Waals surface area contributed by atoms with Crippen molar-refractivity contribution in [1.29, 1.82) is 0 Å². The van der Waals surface area contributed by atoms with Gasteiger partial charge in [0, 0.05) is 35.3 Å². The summed E-state index contributed by atoms with van der Waals surface area (Å²) in [7, 11) is 0. The minimum atomic E-state index is -0.554. The van der Waals surface area contributed by atoms with E-state index in [0.717, 1.165) is 33.5 Å². The minimum Gasteiger partial charge on any atom is -0.389 e. The molecule has 2 aromatic heterocycles. The molecule has 2 atom stereocenters. The van der Waals surface area contributed by atoms with E-state index in [9.17, 15) is 5.11 Å². The van der Waals surface area contributed by atoms with E-state index in [-0.39, 0.29) is 6.04 Å². The Morgan fingerprint density at radius 3 is 2.67 bits per heavy atom. The van der Waals surface area contributed by atoms with Gasteiger partial charge in [-0.2, -0.15) is 0 Å². The van der Waals surface area contributed by atoms with Crippen LogP contribution in [0, 0.1) is 0 Å². The van der Waals surface area contributed by atoms with E-state index in [1.807, 2.05) is 60.7 Å². The molecule has 4 rings (SSSR count). The van der Waals surface area contributed by atoms with Crippen LogP contribution in [0.2, 0.25) is 0 Å². The predicted molar refractivity (Wildman–Crippen MR) is 105 cm³/mol. The van der Waals surface area contributed by atoms with Crippen LogP contribution in [-0.2, 0) is 6.42 Å². The molecule has 4 aromatic rings. The Morgan fingerprint density at radius 1 is 1.07 bits per heavy atom. The van der Waals surface area contributed by atoms with Gasteiger partial charge >= 0.3 is 0 Å². The summed E-state index contributed by atoms with van der Waals surface area (Å²) in [5.41, 5.74) is 11.6. The number of pyridine rings is 1. The fourth-order valence-electron chi connectivity index (χ4n) is 3.30. The Morgan fingerprint density at radius 2 is 1.89 bits per heavy atom. The highest BCUT2D eigenvalue weighted by Crippen LogP contribution is 2.34. The molecule has 0 spiro atoms. The number of hydrogen-bond donors (Lipinski definition) is 2. The van der Waals surface area contributed by atoms with E-state index in [1.54, 1.807) is 13.1 Å². The highest BCUT2D eigenvalue weighted by atomic mass is 16.5. The molecule has 2 heterocycles. The lowest BCUT2D eigenvalue weighted by molar-refractivity contribution is 0.199. The van der Waals surface area contributed by atoms with Crippen molar-refractivity contribution in [2.75, 3.05) is 0 Å². The molecule has 136 valence electrons. The molecule has 2 aromatic carbocycles. The summed E-state index contributed by atoms with van der Waals surface area (Å²) in [6.07, 6.45) is 1.86. The average Bonchev–Trinajstić information content (AvgIpc) is 3.11. The lowest BCUT2D eigenvalue weighted by Gasteiger charge is -2.15. The first-order chi connectivity index (χ1) is 13.1. The number of hydrogen-bond acceptors (Lipinski definition) is 5. The number of aromatic nitrogens is 2. The van der Waals surface area contributed by atoms with E-state index < -0.39 is 6.10 Å². The van der Waals surface area contributed by atoms with Gasteiger partial charge in [0.1, 0.15) is 5.69 Å². The van der Waals surface area contributed by atoms with Crippen LogP contribution in [0.15, 0.2) is 71.4 Å². The number of aliphatic hydroxyl groups is 1. The first-order valence-corrected chi connectivity index (χ1v) is 8.95. The van der Waals surface area contributed by atoms with Crippen LogP contribution in [0.25, 0.3) is 22.2 Å². The minimum absolute atomic E-state index is 0.209. The quantitative estimate of drug-likeness (QED) is 0.558. The largest absolute Gasteiger partial charge is 0.389 e. The number of aliphatic hydroxyl groups excluding tert-OH is 1. The first kappa shape index (κ1) is 17.4. The third-order valence-corrected chi connectivity index (χ3v) is 4.75. The van der Waals surface area contributed by atoms with Gasteiger partial charge in [-0.25, -0.2) is 0 Å². The fourth-order valence-corrected chi connectivity index (χ4v) is 3.30. The van der Waals surface area contributed by atoms with Crippen molar-refractivity contribution in [2.45, 2.75) is 25.5 Å². The maximum atomic E-state index is 9.78. The highest BCUT2D eigenvalue weighted by Gasteiger charge is 2.18. The van der Waals surface area contributed by atoms with Gasteiger partial charge in [0.05, 0.1) is 6.10 Å². The van der Waals surface area contributed by atoms with Crippen molar-refractivity contribution < 1.29 is 9.63 Å². The van der Waals surface area contributed by atoms with Crippen molar-refractivity contribution in [3.8, 4) is 11.3 Å². The Hall–Kier alpha value is -3.02. The van der Waals surface area contributed by atoms with Crippen molar-refractivity contribution in [1.82, 2.24) is 10.1 Å². The Labute approximate surface area is 157 Å². The second-order valence-corrected chi connectivity index (χ2v) is 6.68. The van der Waals surface area contributed by atoms with Gasteiger partial charge in [-0.1, -0.05) is 41.6 Å². The monoisotopic (exact) mass is 359 g/mol. The van der Waals surface area contributed by atoms with Gasteiger partial charge in [-0.05, 0) is 42.3 Å². The lowest BCUT2D eigenvalue weighted by Crippen LogP contribution is -2.15. The Kier molecular flexibility index (Phi) is 4.71. The maximum absolute atomic E-state index is 9.78. The molecule has 0 aliphatic rings. The SMILES string of the molecule is CC(O)c1ccc2c(-c3ccccc3[C@@H](N)Cc3ccccn3)noc2c1. The zero-order valence-electron chi connectivity index (χ0n) is 15.0. The summed E-state index contributed by atoms with van der Waals surface area (Å²) < 4.78 is 5.53. The van der Waals surface area contributed by atoms with E-state index in [1.165, 1.54) is 0 Å². The number of nitrogens with zero attached hydrogens (tertiary/aromatic N) is 2. The molecule has 0 bridgehead atoms. The summed E-state index contributed by atoms with van der Waals surface area (Å²) in [5, 5.41) is 15.0. The summed E-state index contributed by atoms with van der Waals surface area (Å²) in [5.74, 6) is 0. The molecule has 0 amide bonds. The summed E-state index contributed by atoms with van der Waals surface area (Å²) in [6, 6.07) is 19.3. The van der Waals surface area contributed by atoms with Crippen LogP contribution in [0.5, 0.6) is 0 Å². The number of nitrogens with two attached hydrogens (primary N) is 1. The third-order valence-electron chi connectivity index (χ3n) is 4.75. The second kappa shape index (κ2) is 7.31. The van der Waals surface area contributed by atoms with Crippen LogP contribution in [0.4, 0.5) is 0 Å². The highest BCUT2D eigenvalue weighted by molar-refractivity contribution is 5.92. The van der Waals surface area contributed by atoms with Gasteiger partial charge in [-0.15, -0.1) is 0 Å². The van der Waals surface area contributed by atoms with Gasteiger partial charge in [0.25, 0.3) is 0 Å². The number of fused-ring (bicyclic) bond motifs is 1. The van der Waals surface area contributed by atoms with Crippen molar-refractivity contribution in [2.24, 2.45) is 5.73 Å². The standard InChI is InChI=1S/C22H21N3O2/c1-14(26)15-9-10-19-21(12-15)27-25-22(19)18-8-3-2-7-17(18)20(23)13-16-6-4-5-11-24-16/h2-12,14,20,26H,13,23H2,1H3/t14?,20-/m0/s1. The normalized spacial score (nSPS) is 13.6. The van der Waals surface area contributed by atoms with Crippen LogP contribution in [0.3, 0.4) is 0 Å². The maximum Gasteiger partial charge on any atom is 0.167 e. The summed E-state index contributed by atoms with van der Waals surface area (Å²) in [4.78, 5) is 4.37. The molecule has 3 N–H and O–H groups in total. The summed E-state index contributed by atoms with van der Waals surface area (Å²) in [6.45, 7) is 1.73. The van der Waals surface area contributed by atoms with Crippen molar-refractivity contribution in [3.63, 3.8) is 0 Å².